The van der Waals surface area contributed by atoms with Crippen LogP contribution in [0.4, 0.5) is 5.69 Å². The van der Waals surface area contributed by atoms with Crippen molar-refractivity contribution in [3.05, 3.63) is 51.5 Å². The molecule has 29 heavy (non-hydrogen) atoms. The van der Waals surface area contributed by atoms with Gasteiger partial charge in [0.1, 0.15) is 11.4 Å². The number of hydrogen-bond acceptors (Lipinski definition) is 6. The van der Waals surface area contributed by atoms with Crippen LogP contribution >= 0.6 is 46.6 Å². The van der Waals surface area contributed by atoms with Gasteiger partial charge in [-0.15, -0.1) is 5.10 Å². The van der Waals surface area contributed by atoms with Crippen LogP contribution in [0.1, 0.15) is 13.8 Å². The van der Waals surface area contributed by atoms with Crippen LogP contribution in [0.2, 0.25) is 15.1 Å². The molecule has 0 spiro atoms. The number of aromatic nitrogens is 4. The third-order valence-electron chi connectivity index (χ3n) is 3.75. The lowest BCUT2D eigenvalue weighted by Crippen LogP contribution is -2.23. The van der Waals surface area contributed by atoms with E-state index in [1.807, 2.05) is 31.2 Å². The summed E-state index contributed by atoms with van der Waals surface area (Å²) in [5.41, 5.74) is 1.06. The molecular formula is C18H16Cl3N5O2S. The largest absolute Gasteiger partial charge is 0.492 e. The Hall–Kier alpha value is -2.00. The topological polar surface area (TPSA) is 81.9 Å². The third-order valence-corrected chi connectivity index (χ3v) is 5.82. The zero-order chi connectivity index (χ0) is 21.0. The number of hydrogen-bond donors (Lipinski definition) is 1. The lowest BCUT2D eigenvalue weighted by Gasteiger charge is -2.14. The van der Waals surface area contributed by atoms with Gasteiger partial charge in [-0.05, 0) is 48.5 Å². The number of rotatable bonds is 7. The summed E-state index contributed by atoms with van der Waals surface area (Å²) in [6.07, 6.45) is 0. The van der Waals surface area contributed by atoms with Gasteiger partial charge in [-0.3, -0.25) is 4.79 Å². The average molecular weight is 473 g/mol. The number of halogens is 3. The molecule has 1 unspecified atom stereocenters. The maximum atomic E-state index is 12.6. The molecule has 0 aliphatic carbocycles. The van der Waals surface area contributed by atoms with E-state index in [1.54, 1.807) is 6.92 Å². The molecule has 152 valence electrons. The van der Waals surface area contributed by atoms with Crippen molar-refractivity contribution >= 4 is 58.2 Å². The minimum absolute atomic E-state index is 0.289. The smallest absolute Gasteiger partial charge is 0.237 e. The molecule has 1 heterocycles. The summed E-state index contributed by atoms with van der Waals surface area (Å²) in [5.74, 6) is 0.353. The Labute approximate surface area is 186 Å². The van der Waals surface area contributed by atoms with Gasteiger partial charge in [0.15, 0.2) is 0 Å². The summed E-state index contributed by atoms with van der Waals surface area (Å²) in [4.78, 5) is 12.6. The quantitative estimate of drug-likeness (QED) is 0.379. The first kappa shape index (κ1) is 21.7. The Balaban J connectivity index is 1.77. The summed E-state index contributed by atoms with van der Waals surface area (Å²) in [7, 11) is 0. The standard InChI is InChI=1S/C18H16Cl3N5O2S/c1-3-28-16-7-5-4-6-15(16)26-18(23-24-25-26)29-10(2)17(27)22-14-9-12(20)11(19)8-13(14)21/h4-10H,3H2,1-2H3,(H,22,27). The van der Waals surface area contributed by atoms with Crippen LogP contribution in [0, 0.1) is 0 Å². The monoisotopic (exact) mass is 471 g/mol. The predicted octanol–water partition coefficient (Wildman–Crippen LogP) is 5.14. The van der Waals surface area contributed by atoms with E-state index in [-0.39, 0.29) is 5.91 Å². The number of nitrogens with zero attached hydrogens (tertiary/aromatic N) is 4. The molecule has 11 heteroatoms. The van der Waals surface area contributed by atoms with Crippen LogP contribution in [0.5, 0.6) is 5.75 Å². The highest BCUT2D eigenvalue weighted by Crippen LogP contribution is 2.33. The van der Waals surface area contributed by atoms with Gasteiger partial charge < -0.3 is 10.1 Å². The van der Waals surface area contributed by atoms with Gasteiger partial charge in [-0.1, -0.05) is 58.7 Å². The second kappa shape index (κ2) is 9.67. The maximum Gasteiger partial charge on any atom is 0.237 e. The number of carbonyl (C=O) groups is 1. The van der Waals surface area contributed by atoms with Crippen molar-refractivity contribution in [1.82, 2.24) is 20.2 Å². The van der Waals surface area contributed by atoms with E-state index in [0.29, 0.717) is 44.0 Å². The second-order valence-corrected chi connectivity index (χ2v) is 8.30. The van der Waals surface area contributed by atoms with Crippen LogP contribution in [-0.2, 0) is 4.79 Å². The Morgan fingerprint density at radius 1 is 1.21 bits per heavy atom. The van der Waals surface area contributed by atoms with Crippen molar-refractivity contribution < 1.29 is 9.53 Å². The molecule has 0 saturated carbocycles. The lowest BCUT2D eigenvalue weighted by atomic mass is 10.3. The highest BCUT2D eigenvalue weighted by molar-refractivity contribution is 8.00. The molecule has 0 radical (unpaired) electrons. The molecule has 2 aromatic carbocycles. The summed E-state index contributed by atoms with van der Waals surface area (Å²) in [6.45, 7) is 4.14. The van der Waals surface area contributed by atoms with Gasteiger partial charge in [-0.25, -0.2) is 0 Å². The minimum Gasteiger partial charge on any atom is -0.492 e. The molecule has 3 rings (SSSR count). The molecule has 7 nitrogen and oxygen atoms in total. The summed E-state index contributed by atoms with van der Waals surface area (Å²) in [5, 5.41) is 15.4. The maximum absolute atomic E-state index is 12.6. The van der Waals surface area contributed by atoms with E-state index in [2.05, 4.69) is 20.8 Å². The van der Waals surface area contributed by atoms with Crippen molar-refractivity contribution in [2.45, 2.75) is 24.3 Å². The number of anilines is 1. The zero-order valence-electron chi connectivity index (χ0n) is 15.4. The van der Waals surface area contributed by atoms with Gasteiger partial charge in [0.05, 0.1) is 32.6 Å². The fraction of sp³-hybridized carbons (Fsp3) is 0.222. The Bertz CT molecular complexity index is 1030. The van der Waals surface area contributed by atoms with Crippen LogP contribution in [-0.4, -0.2) is 38.0 Å². The minimum atomic E-state index is -0.524. The Morgan fingerprint density at radius 3 is 2.69 bits per heavy atom. The summed E-state index contributed by atoms with van der Waals surface area (Å²) >= 11 is 19.3. The predicted molar refractivity (Wildman–Crippen MR) is 116 cm³/mol. The zero-order valence-corrected chi connectivity index (χ0v) is 18.5. The van der Waals surface area contributed by atoms with Gasteiger partial charge in [0.25, 0.3) is 0 Å². The highest BCUT2D eigenvalue weighted by atomic mass is 35.5. The number of benzene rings is 2. The van der Waals surface area contributed by atoms with Crippen LogP contribution < -0.4 is 10.1 Å². The van der Waals surface area contributed by atoms with E-state index < -0.39 is 5.25 Å². The van der Waals surface area contributed by atoms with E-state index >= 15 is 0 Å². The fourth-order valence-electron chi connectivity index (χ4n) is 2.38. The highest BCUT2D eigenvalue weighted by Gasteiger charge is 2.21. The molecule has 1 aromatic heterocycles. The lowest BCUT2D eigenvalue weighted by molar-refractivity contribution is -0.115. The molecule has 1 amide bonds. The molecule has 1 N–H and O–H groups in total. The molecule has 3 aromatic rings. The SMILES string of the molecule is CCOc1ccccc1-n1nnnc1SC(C)C(=O)Nc1cc(Cl)c(Cl)cc1Cl. The number of tetrazole rings is 1. The van der Waals surface area contributed by atoms with Gasteiger partial charge >= 0.3 is 0 Å². The number of para-hydroxylation sites is 2. The molecule has 0 fully saturated rings. The molecule has 0 aliphatic rings. The first-order valence-electron chi connectivity index (χ1n) is 8.53. The van der Waals surface area contributed by atoms with Crippen LogP contribution in [0.3, 0.4) is 0 Å². The van der Waals surface area contributed by atoms with Crippen LogP contribution in [0.15, 0.2) is 41.6 Å². The number of nitrogens with one attached hydrogen (secondary N) is 1. The van der Waals surface area contributed by atoms with E-state index in [4.69, 9.17) is 39.5 Å². The molecule has 0 aliphatic heterocycles. The van der Waals surface area contributed by atoms with Crippen LogP contribution in [0.25, 0.3) is 5.69 Å². The fourth-order valence-corrected chi connectivity index (χ4v) is 3.77. The number of ether oxygens (including phenoxy) is 1. The first-order chi connectivity index (χ1) is 13.9. The second-order valence-electron chi connectivity index (χ2n) is 5.77. The van der Waals surface area contributed by atoms with Crippen molar-refractivity contribution in [2.75, 3.05) is 11.9 Å². The van der Waals surface area contributed by atoms with Gasteiger partial charge in [0.2, 0.25) is 11.1 Å². The molecule has 0 saturated heterocycles. The van der Waals surface area contributed by atoms with Crippen molar-refractivity contribution in [2.24, 2.45) is 0 Å². The first-order valence-corrected chi connectivity index (χ1v) is 10.5. The van der Waals surface area contributed by atoms with Gasteiger partial charge in [-0.2, -0.15) is 4.68 Å². The Morgan fingerprint density at radius 2 is 1.93 bits per heavy atom. The van der Waals surface area contributed by atoms with Crippen molar-refractivity contribution in [3.63, 3.8) is 0 Å². The summed E-state index contributed by atoms with van der Waals surface area (Å²) < 4.78 is 7.17. The van der Waals surface area contributed by atoms with Gasteiger partial charge in [0, 0.05) is 0 Å². The third kappa shape index (κ3) is 5.14. The molecule has 1 atom stereocenters. The number of amides is 1. The van der Waals surface area contributed by atoms with E-state index in [0.717, 1.165) is 0 Å². The number of carbonyl (C=O) groups excluding carboxylic acids is 1. The average Bonchev–Trinajstić information content (AvgIpc) is 3.14. The van der Waals surface area contributed by atoms with E-state index in [1.165, 1.54) is 28.6 Å². The van der Waals surface area contributed by atoms with Crippen molar-refractivity contribution in [1.29, 1.82) is 0 Å². The Kier molecular flexibility index (Phi) is 7.23. The normalized spacial score (nSPS) is 11.9. The summed E-state index contributed by atoms with van der Waals surface area (Å²) in [6, 6.07) is 10.4. The number of thioether (sulfide) groups is 1. The van der Waals surface area contributed by atoms with E-state index in [9.17, 15) is 4.79 Å². The van der Waals surface area contributed by atoms with Crippen molar-refractivity contribution in [3.8, 4) is 11.4 Å². The molecular weight excluding hydrogens is 457 g/mol. The molecule has 0 bridgehead atoms.